The normalized spacial score (nSPS) is 14.3. The van der Waals surface area contributed by atoms with Crippen LogP contribution in [0, 0.1) is 0 Å². The first-order valence-corrected chi connectivity index (χ1v) is 8.12. The topological polar surface area (TPSA) is 58.1 Å². The second-order valence-electron chi connectivity index (χ2n) is 6.19. The van der Waals surface area contributed by atoms with Gasteiger partial charge in [-0.2, -0.15) is 0 Å². The second-order valence-corrected chi connectivity index (χ2v) is 6.19. The molecule has 0 radical (unpaired) electrons. The van der Waals surface area contributed by atoms with Gasteiger partial charge in [0.25, 0.3) is 5.91 Å². The monoisotopic (exact) mass is 310 g/mol. The number of rotatable bonds is 4. The molecule has 5 nitrogen and oxygen atoms in total. The van der Waals surface area contributed by atoms with Crippen molar-refractivity contribution in [3.05, 3.63) is 47.9 Å². The van der Waals surface area contributed by atoms with Crippen LogP contribution in [0.4, 0.5) is 11.5 Å². The molecule has 0 saturated carbocycles. The van der Waals surface area contributed by atoms with Gasteiger partial charge >= 0.3 is 0 Å². The summed E-state index contributed by atoms with van der Waals surface area (Å²) in [7, 11) is 0. The van der Waals surface area contributed by atoms with Crippen LogP contribution in [0.2, 0.25) is 0 Å². The van der Waals surface area contributed by atoms with Crippen molar-refractivity contribution in [3.8, 4) is 0 Å². The first-order valence-electron chi connectivity index (χ1n) is 8.12. The lowest BCUT2D eigenvalue weighted by molar-refractivity contribution is 0.0786. The molecule has 1 N–H and O–H groups in total. The van der Waals surface area contributed by atoms with E-state index in [1.54, 1.807) is 12.4 Å². The van der Waals surface area contributed by atoms with Gasteiger partial charge in [-0.25, -0.2) is 9.97 Å². The molecule has 1 aromatic heterocycles. The number of carbonyl (C=O) groups is 1. The molecule has 1 amide bonds. The molecular formula is C18H22N4O. The van der Waals surface area contributed by atoms with Gasteiger partial charge in [0.05, 0.1) is 12.4 Å². The lowest BCUT2D eigenvalue weighted by atomic mass is 10.0. The van der Waals surface area contributed by atoms with E-state index >= 15 is 0 Å². The number of nitrogens with zero attached hydrogens (tertiary/aromatic N) is 3. The summed E-state index contributed by atoms with van der Waals surface area (Å²) in [5, 5.41) is 3.21. The van der Waals surface area contributed by atoms with Crippen LogP contribution in [0.25, 0.3) is 0 Å². The zero-order valence-corrected chi connectivity index (χ0v) is 13.6. The fraction of sp³-hybridized carbons (Fsp3) is 0.389. The molecule has 5 heteroatoms. The van der Waals surface area contributed by atoms with Gasteiger partial charge in [0.2, 0.25) is 0 Å². The van der Waals surface area contributed by atoms with E-state index in [-0.39, 0.29) is 5.91 Å². The summed E-state index contributed by atoms with van der Waals surface area (Å²) < 4.78 is 0. The Bertz CT molecular complexity index is 658. The molecule has 120 valence electrons. The Labute approximate surface area is 136 Å². The van der Waals surface area contributed by atoms with Crippen molar-refractivity contribution in [2.75, 3.05) is 18.4 Å². The fourth-order valence-corrected chi connectivity index (χ4v) is 2.68. The summed E-state index contributed by atoms with van der Waals surface area (Å²) in [5.74, 6) is 1.13. The van der Waals surface area contributed by atoms with Crippen molar-refractivity contribution < 1.29 is 4.79 Å². The molecule has 1 saturated heterocycles. The zero-order chi connectivity index (χ0) is 16.2. The Morgan fingerprint density at radius 2 is 1.78 bits per heavy atom. The van der Waals surface area contributed by atoms with Crippen molar-refractivity contribution in [2.45, 2.75) is 32.6 Å². The number of anilines is 2. The van der Waals surface area contributed by atoms with E-state index in [4.69, 9.17) is 0 Å². The van der Waals surface area contributed by atoms with Gasteiger partial charge in [-0.15, -0.1) is 0 Å². The largest absolute Gasteiger partial charge is 0.339 e. The smallest absolute Gasteiger partial charge is 0.274 e. The maximum absolute atomic E-state index is 12.2. The van der Waals surface area contributed by atoms with Crippen LogP contribution < -0.4 is 5.32 Å². The highest BCUT2D eigenvalue weighted by Gasteiger charge is 2.20. The van der Waals surface area contributed by atoms with Gasteiger partial charge in [0, 0.05) is 18.8 Å². The predicted molar refractivity (Wildman–Crippen MR) is 91.0 cm³/mol. The third-order valence-electron chi connectivity index (χ3n) is 4.11. The van der Waals surface area contributed by atoms with Gasteiger partial charge in [-0.05, 0) is 36.5 Å². The first kappa shape index (κ1) is 15.5. The number of nitrogens with one attached hydrogen (secondary N) is 1. The summed E-state index contributed by atoms with van der Waals surface area (Å²) >= 11 is 0. The average molecular weight is 310 g/mol. The maximum atomic E-state index is 12.2. The van der Waals surface area contributed by atoms with Gasteiger partial charge in [0.15, 0.2) is 0 Å². The van der Waals surface area contributed by atoms with Crippen LogP contribution in [-0.2, 0) is 0 Å². The second kappa shape index (κ2) is 6.77. The van der Waals surface area contributed by atoms with Gasteiger partial charge in [-0.3, -0.25) is 4.79 Å². The molecule has 23 heavy (non-hydrogen) atoms. The molecule has 0 atom stereocenters. The molecule has 0 unspecified atom stereocenters. The van der Waals surface area contributed by atoms with Crippen LogP contribution in [0.1, 0.15) is 48.7 Å². The number of likely N-dealkylation sites (tertiary alicyclic amines) is 1. The molecule has 1 aliphatic rings. The number of hydrogen-bond acceptors (Lipinski definition) is 4. The number of carbonyl (C=O) groups excluding carboxylic acids is 1. The molecule has 0 bridgehead atoms. The molecule has 2 aromatic rings. The summed E-state index contributed by atoms with van der Waals surface area (Å²) in [4.78, 5) is 22.6. The molecular weight excluding hydrogens is 288 g/mol. The minimum absolute atomic E-state index is 0.0252. The molecule has 1 aromatic carbocycles. The van der Waals surface area contributed by atoms with Crippen molar-refractivity contribution in [1.82, 2.24) is 14.9 Å². The summed E-state index contributed by atoms with van der Waals surface area (Å²) in [6.45, 7) is 5.99. The van der Waals surface area contributed by atoms with Crippen LogP contribution >= 0.6 is 0 Å². The summed E-state index contributed by atoms with van der Waals surface area (Å²) in [6, 6.07) is 8.26. The van der Waals surface area contributed by atoms with Crippen molar-refractivity contribution in [3.63, 3.8) is 0 Å². The predicted octanol–water partition coefficient (Wildman–Crippen LogP) is 3.58. The standard InChI is InChI=1S/C18H22N4O/c1-13(2)14-5-7-15(8-6-14)21-17-12-19-16(11-20-17)18(23)22-9-3-4-10-22/h5-8,11-13H,3-4,9-10H2,1-2H3,(H,20,21). The van der Waals surface area contributed by atoms with Crippen molar-refractivity contribution >= 4 is 17.4 Å². The summed E-state index contributed by atoms with van der Waals surface area (Å²) in [5.41, 5.74) is 2.67. The Balaban J connectivity index is 1.66. The SMILES string of the molecule is CC(C)c1ccc(Nc2cnc(C(=O)N3CCCC3)cn2)cc1. The Morgan fingerprint density at radius 3 is 2.35 bits per heavy atom. The zero-order valence-electron chi connectivity index (χ0n) is 13.6. The molecule has 2 heterocycles. The first-order chi connectivity index (χ1) is 11.1. The average Bonchev–Trinajstić information content (AvgIpc) is 3.10. The minimum atomic E-state index is -0.0252. The van der Waals surface area contributed by atoms with Crippen molar-refractivity contribution in [2.24, 2.45) is 0 Å². The van der Waals surface area contributed by atoms with E-state index in [1.807, 2.05) is 17.0 Å². The van der Waals surface area contributed by atoms with Crippen molar-refractivity contribution in [1.29, 1.82) is 0 Å². The quantitative estimate of drug-likeness (QED) is 0.937. The van der Waals surface area contributed by atoms with E-state index < -0.39 is 0 Å². The number of amides is 1. The molecule has 1 fully saturated rings. The minimum Gasteiger partial charge on any atom is -0.339 e. The lowest BCUT2D eigenvalue weighted by Gasteiger charge is -2.14. The third-order valence-corrected chi connectivity index (χ3v) is 4.11. The lowest BCUT2D eigenvalue weighted by Crippen LogP contribution is -2.28. The number of hydrogen-bond donors (Lipinski definition) is 1. The van der Waals surface area contributed by atoms with Crippen LogP contribution in [0.5, 0.6) is 0 Å². The van der Waals surface area contributed by atoms with E-state index in [0.717, 1.165) is 31.6 Å². The Hall–Kier alpha value is -2.43. The summed E-state index contributed by atoms with van der Waals surface area (Å²) in [6.07, 6.45) is 5.31. The fourth-order valence-electron chi connectivity index (χ4n) is 2.68. The van der Waals surface area contributed by atoms with E-state index in [1.165, 1.54) is 5.56 Å². The molecule has 0 aliphatic carbocycles. The van der Waals surface area contributed by atoms with Crippen LogP contribution in [0.3, 0.4) is 0 Å². The number of aromatic nitrogens is 2. The Morgan fingerprint density at radius 1 is 1.09 bits per heavy atom. The van der Waals surface area contributed by atoms with Gasteiger partial charge in [-0.1, -0.05) is 26.0 Å². The third kappa shape index (κ3) is 3.67. The number of benzene rings is 1. The molecule has 1 aliphatic heterocycles. The van der Waals surface area contributed by atoms with E-state index in [2.05, 4.69) is 41.3 Å². The Kier molecular flexibility index (Phi) is 4.55. The highest BCUT2D eigenvalue weighted by Crippen LogP contribution is 2.19. The van der Waals surface area contributed by atoms with E-state index in [0.29, 0.717) is 17.4 Å². The maximum Gasteiger partial charge on any atom is 0.274 e. The highest BCUT2D eigenvalue weighted by atomic mass is 16.2. The molecule has 0 spiro atoms. The molecule has 3 rings (SSSR count). The van der Waals surface area contributed by atoms with Gasteiger partial charge < -0.3 is 10.2 Å². The van der Waals surface area contributed by atoms with Crippen LogP contribution in [-0.4, -0.2) is 33.9 Å². The highest BCUT2D eigenvalue weighted by molar-refractivity contribution is 5.92. The van der Waals surface area contributed by atoms with Crippen LogP contribution in [0.15, 0.2) is 36.7 Å². The van der Waals surface area contributed by atoms with Gasteiger partial charge in [0.1, 0.15) is 11.5 Å². The van der Waals surface area contributed by atoms with E-state index in [9.17, 15) is 4.79 Å².